The molecule has 0 heterocycles. The molecule has 0 spiro atoms. The van der Waals surface area contributed by atoms with Crippen LogP contribution in [0, 0.1) is 6.92 Å². The van der Waals surface area contributed by atoms with Gasteiger partial charge in [0.2, 0.25) is 0 Å². The third-order valence-electron chi connectivity index (χ3n) is 2.67. The average molecular weight is 321 g/mol. The Morgan fingerprint density at radius 2 is 2.00 bits per heavy atom. The van der Waals surface area contributed by atoms with E-state index in [0.717, 1.165) is 10.0 Å². The fourth-order valence-electron chi connectivity index (χ4n) is 1.66. The summed E-state index contributed by atoms with van der Waals surface area (Å²) in [6.45, 7) is 1.91. The van der Waals surface area contributed by atoms with E-state index in [1.54, 1.807) is 18.2 Å². The maximum Gasteiger partial charge on any atom is 0.252 e. The minimum Gasteiger partial charge on any atom is -0.454 e. The second-order valence-electron chi connectivity index (χ2n) is 4.10. The molecule has 0 aromatic heterocycles. The third-order valence-corrected chi connectivity index (χ3v) is 3.17. The summed E-state index contributed by atoms with van der Waals surface area (Å²) in [5.74, 6) is 0.334. The van der Waals surface area contributed by atoms with E-state index in [-0.39, 0.29) is 11.3 Å². The zero-order valence-corrected chi connectivity index (χ0v) is 11.9. The van der Waals surface area contributed by atoms with Gasteiger partial charge >= 0.3 is 0 Å². The van der Waals surface area contributed by atoms with Crippen molar-refractivity contribution in [2.75, 3.05) is 5.73 Å². The lowest BCUT2D eigenvalue weighted by Crippen LogP contribution is -2.13. The molecule has 98 valence electrons. The van der Waals surface area contributed by atoms with Crippen LogP contribution in [0.25, 0.3) is 0 Å². The summed E-state index contributed by atoms with van der Waals surface area (Å²) in [7, 11) is 0. The molecule has 0 bridgehead atoms. The average Bonchev–Trinajstić information content (AvgIpc) is 2.35. The van der Waals surface area contributed by atoms with Crippen LogP contribution in [0.2, 0.25) is 0 Å². The van der Waals surface area contributed by atoms with Gasteiger partial charge in [0, 0.05) is 4.47 Å². The molecule has 0 aliphatic heterocycles. The first-order chi connectivity index (χ1) is 8.99. The predicted molar refractivity (Wildman–Crippen MR) is 78.3 cm³/mol. The molecule has 0 radical (unpaired) electrons. The molecule has 0 atom stereocenters. The summed E-state index contributed by atoms with van der Waals surface area (Å²) in [6, 6.07) is 10.5. The van der Waals surface area contributed by atoms with Crippen LogP contribution < -0.4 is 16.2 Å². The first kappa shape index (κ1) is 13.4. The number of halogens is 1. The number of ether oxygens (including phenoxy) is 1. The van der Waals surface area contributed by atoms with Crippen LogP contribution in [0.1, 0.15) is 15.9 Å². The van der Waals surface area contributed by atoms with Gasteiger partial charge in [-0.3, -0.25) is 4.79 Å². The highest BCUT2D eigenvalue weighted by Crippen LogP contribution is 2.34. The lowest BCUT2D eigenvalue weighted by atomic mass is 10.1. The third kappa shape index (κ3) is 2.88. The fourth-order valence-corrected chi connectivity index (χ4v) is 2.00. The van der Waals surface area contributed by atoms with Gasteiger partial charge in [0.1, 0.15) is 5.75 Å². The number of carbonyl (C=O) groups excluding carboxylic acids is 1. The van der Waals surface area contributed by atoms with Gasteiger partial charge in [0.15, 0.2) is 5.75 Å². The Hall–Kier alpha value is -2.01. The van der Waals surface area contributed by atoms with E-state index in [1.807, 2.05) is 25.1 Å². The summed E-state index contributed by atoms with van der Waals surface area (Å²) in [4.78, 5) is 11.4. The van der Waals surface area contributed by atoms with Crippen molar-refractivity contribution in [1.82, 2.24) is 0 Å². The molecule has 0 aliphatic carbocycles. The van der Waals surface area contributed by atoms with Crippen molar-refractivity contribution >= 4 is 27.5 Å². The second kappa shape index (κ2) is 5.32. The zero-order chi connectivity index (χ0) is 14.0. The molecule has 4 N–H and O–H groups in total. The summed E-state index contributed by atoms with van der Waals surface area (Å²) >= 11 is 3.37. The van der Waals surface area contributed by atoms with E-state index >= 15 is 0 Å². The fraction of sp³-hybridized carbons (Fsp3) is 0.0714. The predicted octanol–water partition coefficient (Wildman–Crippen LogP) is 3.23. The minimum atomic E-state index is -0.574. The molecular weight excluding hydrogens is 308 g/mol. The molecule has 0 fully saturated rings. The molecule has 2 rings (SSSR count). The van der Waals surface area contributed by atoms with Gasteiger partial charge in [-0.2, -0.15) is 0 Å². The van der Waals surface area contributed by atoms with Crippen molar-refractivity contribution in [3.8, 4) is 11.5 Å². The highest BCUT2D eigenvalue weighted by Gasteiger charge is 2.14. The number of benzene rings is 2. The molecule has 0 aliphatic rings. The lowest BCUT2D eigenvalue weighted by molar-refractivity contribution is 0.0998. The van der Waals surface area contributed by atoms with Gasteiger partial charge < -0.3 is 16.2 Å². The summed E-state index contributed by atoms with van der Waals surface area (Å²) < 4.78 is 6.64. The van der Waals surface area contributed by atoms with Crippen LogP contribution in [0.15, 0.2) is 40.9 Å². The van der Waals surface area contributed by atoms with Gasteiger partial charge in [0.05, 0.1) is 11.3 Å². The Morgan fingerprint density at radius 3 is 2.68 bits per heavy atom. The Kier molecular flexibility index (Phi) is 3.76. The van der Waals surface area contributed by atoms with Crippen molar-refractivity contribution < 1.29 is 9.53 Å². The van der Waals surface area contributed by atoms with Crippen LogP contribution in [0.4, 0.5) is 5.69 Å². The first-order valence-corrected chi connectivity index (χ1v) is 6.40. The lowest BCUT2D eigenvalue weighted by Gasteiger charge is -2.13. The molecule has 19 heavy (non-hydrogen) atoms. The monoisotopic (exact) mass is 320 g/mol. The maximum absolute atomic E-state index is 11.4. The second-order valence-corrected chi connectivity index (χ2v) is 5.02. The van der Waals surface area contributed by atoms with Crippen LogP contribution in [0.3, 0.4) is 0 Å². The number of para-hydroxylation sites is 1. The van der Waals surface area contributed by atoms with Crippen LogP contribution in [-0.2, 0) is 0 Å². The van der Waals surface area contributed by atoms with Crippen LogP contribution in [-0.4, -0.2) is 5.91 Å². The van der Waals surface area contributed by atoms with Crippen LogP contribution in [0.5, 0.6) is 11.5 Å². The maximum atomic E-state index is 11.4. The van der Waals surface area contributed by atoms with Gasteiger partial charge in [-0.1, -0.05) is 28.1 Å². The number of primary amides is 1. The quantitative estimate of drug-likeness (QED) is 0.852. The van der Waals surface area contributed by atoms with E-state index in [2.05, 4.69) is 15.9 Å². The smallest absolute Gasteiger partial charge is 0.252 e. The van der Waals surface area contributed by atoms with E-state index in [4.69, 9.17) is 16.2 Å². The van der Waals surface area contributed by atoms with E-state index in [9.17, 15) is 4.79 Å². The summed E-state index contributed by atoms with van der Waals surface area (Å²) in [5, 5.41) is 0. The number of hydrogen-bond donors (Lipinski definition) is 2. The Labute approximate surface area is 119 Å². The first-order valence-electron chi connectivity index (χ1n) is 5.61. The molecular formula is C14H13BrN2O2. The van der Waals surface area contributed by atoms with Crippen LogP contribution >= 0.6 is 15.9 Å². The molecule has 4 nitrogen and oxygen atoms in total. The van der Waals surface area contributed by atoms with Crippen molar-refractivity contribution in [1.29, 1.82) is 0 Å². The molecule has 0 saturated heterocycles. The molecule has 2 aromatic carbocycles. The van der Waals surface area contributed by atoms with Crippen molar-refractivity contribution in [2.45, 2.75) is 6.92 Å². The summed E-state index contributed by atoms with van der Waals surface area (Å²) in [6.07, 6.45) is 0. The Morgan fingerprint density at radius 1 is 1.26 bits per heavy atom. The highest BCUT2D eigenvalue weighted by atomic mass is 79.9. The largest absolute Gasteiger partial charge is 0.454 e. The highest BCUT2D eigenvalue weighted by molar-refractivity contribution is 9.10. The minimum absolute atomic E-state index is 0.263. The summed E-state index contributed by atoms with van der Waals surface area (Å²) in [5.41, 5.74) is 12.7. The van der Waals surface area contributed by atoms with Crippen molar-refractivity contribution in [3.63, 3.8) is 0 Å². The Balaban J connectivity index is 2.49. The topological polar surface area (TPSA) is 78.3 Å². The molecule has 0 saturated carbocycles. The van der Waals surface area contributed by atoms with Gasteiger partial charge in [0.25, 0.3) is 5.91 Å². The number of anilines is 1. The normalized spacial score (nSPS) is 10.2. The van der Waals surface area contributed by atoms with Gasteiger partial charge in [-0.15, -0.1) is 0 Å². The van der Waals surface area contributed by atoms with Gasteiger partial charge in [-0.05, 0) is 36.8 Å². The zero-order valence-electron chi connectivity index (χ0n) is 10.3. The van der Waals surface area contributed by atoms with E-state index < -0.39 is 5.91 Å². The number of rotatable bonds is 3. The molecule has 2 aromatic rings. The number of aryl methyl sites for hydroxylation is 1. The number of nitrogens with two attached hydrogens (primary N) is 2. The van der Waals surface area contributed by atoms with E-state index in [1.165, 1.54) is 0 Å². The number of amides is 1. The molecule has 5 heteroatoms. The standard InChI is InChI=1S/C14H13BrN2O2/c1-8-5-6-9(15)7-12(8)19-13-10(14(17)18)3-2-4-11(13)16/h2-7H,16H2,1H3,(H2,17,18). The van der Waals surface area contributed by atoms with Crippen molar-refractivity contribution in [3.05, 3.63) is 52.0 Å². The molecule has 0 unspecified atom stereocenters. The number of hydrogen-bond acceptors (Lipinski definition) is 3. The van der Waals surface area contributed by atoms with E-state index in [0.29, 0.717) is 11.4 Å². The molecule has 1 amide bonds. The number of nitrogen functional groups attached to an aromatic ring is 1. The number of carbonyl (C=O) groups is 1. The SMILES string of the molecule is Cc1ccc(Br)cc1Oc1c(N)cccc1C(N)=O. The van der Waals surface area contributed by atoms with Crippen molar-refractivity contribution in [2.24, 2.45) is 5.73 Å². The Bertz CT molecular complexity index is 641. The van der Waals surface area contributed by atoms with Gasteiger partial charge in [-0.25, -0.2) is 0 Å².